The van der Waals surface area contributed by atoms with E-state index in [-0.39, 0.29) is 6.61 Å². The fourth-order valence-corrected chi connectivity index (χ4v) is 4.06. The van der Waals surface area contributed by atoms with Crippen LogP contribution in [0.3, 0.4) is 0 Å². The van der Waals surface area contributed by atoms with Crippen molar-refractivity contribution in [3.05, 3.63) is 95.8 Å². The standard InChI is InChI=1S/C26H26N6O/c1-17-5-6-19(12-27)10-22(17)24-14-31-9-3-4-23(26(31)30-24)29-21-7-8-25(20(11-21)15-33)32-13-18(2)28-16-32/h3-11,13-14,16,29,33H,12,15,27H2,1-2H3. The van der Waals surface area contributed by atoms with Crippen LogP contribution >= 0.6 is 0 Å². The number of hydrogen-bond acceptors (Lipinski definition) is 5. The number of anilines is 2. The number of aryl methyl sites for hydroxylation is 2. The molecule has 4 N–H and O–H groups in total. The highest BCUT2D eigenvalue weighted by atomic mass is 16.3. The van der Waals surface area contributed by atoms with E-state index in [2.05, 4.69) is 35.4 Å². The van der Waals surface area contributed by atoms with Crippen molar-refractivity contribution in [1.82, 2.24) is 18.9 Å². The topological polar surface area (TPSA) is 93.4 Å². The van der Waals surface area contributed by atoms with Gasteiger partial charge in [0.1, 0.15) is 0 Å². The molecule has 0 atom stereocenters. The highest BCUT2D eigenvalue weighted by Crippen LogP contribution is 2.29. The minimum atomic E-state index is -0.0729. The lowest BCUT2D eigenvalue weighted by atomic mass is 10.0. The van der Waals surface area contributed by atoms with Gasteiger partial charge in [0.05, 0.1) is 35.7 Å². The van der Waals surface area contributed by atoms with E-state index >= 15 is 0 Å². The van der Waals surface area contributed by atoms with Crippen LogP contribution in [0.15, 0.2) is 73.4 Å². The maximum absolute atomic E-state index is 9.96. The number of aliphatic hydroxyl groups is 1. The fourth-order valence-electron chi connectivity index (χ4n) is 4.06. The van der Waals surface area contributed by atoms with E-state index in [0.29, 0.717) is 6.54 Å². The highest BCUT2D eigenvalue weighted by molar-refractivity contribution is 5.78. The van der Waals surface area contributed by atoms with E-state index in [9.17, 15) is 5.11 Å². The summed E-state index contributed by atoms with van der Waals surface area (Å²) < 4.78 is 3.94. The Morgan fingerprint density at radius 1 is 1.06 bits per heavy atom. The Labute approximate surface area is 192 Å². The number of imidazole rings is 2. The number of rotatable bonds is 6. The van der Waals surface area contributed by atoms with Crippen LogP contribution in [0.2, 0.25) is 0 Å². The van der Waals surface area contributed by atoms with Crippen molar-refractivity contribution in [3.63, 3.8) is 0 Å². The van der Waals surface area contributed by atoms with Crippen LogP contribution in [-0.4, -0.2) is 24.0 Å². The molecule has 0 fully saturated rings. The predicted molar refractivity (Wildman–Crippen MR) is 131 cm³/mol. The van der Waals surface area contributed by atoms with Crippen LogP contribution in [0.25, 0.3) is 22.6 Å². The molecule has 0 amide bonds. The van der Waals surface area contributed by atoms with Gasteiger partial charge in [0.2, 0.25) is 0 Å². The molecule has 3 heterocycles. The van der Waals surface area contributed by atoms with Gasteiger partial charge in [0, 0.05) is 41.9 Å². The Kier molecular flexibility index (Phi) is 5.42. The average Bonchev–Trinajstić information content (AvgIpc) is 3.46. The van der Waals surface area contributed by atoms with Crippen molar-refractivity contribution in [2.24, 2.45) is 5.73 Å². The Balaban J connectivity index is 1.51. The molecule has 0 radical (unpaired) electrons. The van der Waals surface area contributed by atoms with Gasteiger partial charge in [-0.1, -0.05) is 12.1 Å². The van der Waals surface area contributed by atoms with Crippen molar-refractivity contribution in [1.29, 1.82) is 0 Å². The fraction of sp³-hybridized carbons (Fsp3) is 0.154. The van der Waals surface area contributed by atoms with Crippen LogP contribution in [-0.2, 0) is 13.2 Å². The van der Waals surface area contributed by atoms with E-state index in [0.717, 1.165) is 56.4 Å². The molecule has 0 unspecified atom stereocenters. The number of benzene rings is 2. The van der Waals surface area contributed by atoms with E-state index in [1.54, 1.807) is 6.33 Å². The molecule has 166 valence electrons. The molecule has 0 spiro atoms. The first-order chi connectivity index (χ1) is 16.1. The molecule has 0 aliphatic heterocycles. The molecule has 0 aliphatic rings. The van der Waals surface area contributed by atoms with Crippen LogP contribution in [0.5, 0.6) is 0 Å². The monoisotopic (exact) mass is 438 g/mol. The molecule has 0 saturated carbocycles. The lowest BCUT2D eigenvalue weighted by Gasteiger charge is -2.13. The van der Waals surface area contributed by atoms with Crippen molar-refractivity contribution < 1.29 is 5.11 Å². The smallest absolute Gasteiger partial charge is 0.161 e. The first-order valence-corrected chi connectivity index (χ1v) is 10.8. The van der Waals surface area contributed by atoms with E-state index in [4.69, 9.17) is 10.7 Å². The van der Waals surface area contributed by atoms with Gasteiger partial charge in [-0.15, -0.1) is 0 Å². The van der Waals surface area contributed by atoms with Gasteiger partial charge >= 0.3 is 0 Å². The van der Waals surface area contributed by atoms with Gasteiger partial charge < -0.3 is 25.1 Å². The second-order valence-corrected chi connectivity index (χ2v) is 8.18. The second-order valence-electron chi connectivity index (χ2n) is 8.18. The van der Waals surface area contributed by atoms with E-state index in [1.807, 2.05) is 64.8 Å². The number of aromatic nitrogens is 4. The molecule has 33 heavy (non-hydrogen) atoms. The zero-order chi connectivity index (χ0) is 22.9. The molecule has 2 aromatic carbocycles. The summed E-state index contributed by atoms with van der Waals surface area (Å²) in [6.07, 6.45) is 7.72. The molecule has 5 aromatic rings. The number of aliphatic hydroxyl groups excluding tert-OH is 1. The largest absolute Gasteiger partial charge is 0.392 e. The first-order valence-electron chi connectivity index (χ1n) is 10.8. The Morgan fingerprint density at radius 3 is 2.70 bits per heavy atom. The molecule has 0 bridgehead atoms. The van der Waals surface area contributed by atoms with Crippen molar-refractivity contribution >= 4 is 17.0 Å². The number of hydrogen-bond donors (Lipinski definition) is 3. The molecule has 0 aliphatic carbocycles. The summed E-state index contributed by atoms with van der Waals surface area (Å²) in [5.74, 6) is 0. The molecule has 0 saturated heterocycles. The summed E-state index contributed by atoms with van der Waals surface area (Å²) >= 11 is 0. The zero-order valence-corrected chi connectivity index (χ0v) is 18.7. The highest BCUT2D eigenvalue weighted by Gasteiger charge is 2.12. The van der Waals surface area contributed by atoms with Gasteiger partial charge in [0.15, 0.2) is 5.65 Å². The summed E-state index contributed by atoms with van der Waals surface area (Å²) in [6, 6.07) is 16.1. The first kappa shape index (κ1) is 20.9. The molecule has 5 rings (SSSR count). The molecule has 7 heteroatoms. The Hall–Kier alpha value is -3.94. The van der Waals surface area contributed by atoms with E-state index in [1.165, 1.54) is 0 Å². The maximum Gasteiger partial charge on any atom is 0.161 e. The summed E-state index contributed by atoms with van der Waals surface area (Å²) in [4.78, 5) is 9.21. The summed E-state index contributed by atoms with van der Waals surface area (Å²) in [5, 5.41) is 13.4. The number of nitrogens with one attached hydrogen (secondary N) is 1. The number of fused-ring (bicyclic) bond motifs is 1. The summed E-state index contributed by atoms with van der Waals surface area (Å²) in [5.41, 5.74) is 15.3. The average molecular weight is 439 g/mol. The summed E-state index contributed by atoms with van der Waals surface area (Å²) in [7, 11) is 0. The van der Waals surface area contributed by atoms with Crippen LogP contribution in [0.4, 0.5) is 11.4 Å². The van der Waals surface area contributed by atoms with Gasteiger partial charge in [-0.25, -0.2) is 9.97 Å². The summed E-state index contributed by atoms with van der Waals surface area (Å²) in [6.45, 7) is 4.45. The zero-order valence-electron chi connectivity index (χ0n) is 18.7. The van der Waals surface area contributed by atoms with Crippen LogP contribution in [0.1, 0.15) is 22.4 Å². The predicted octanol–water partition coefficient (Wildman–Crippen LogP) is 4.50. The Morgan fingerprint density at radius 2 is 1.94 bits per heavy atom. The van der Waals surface area contributed by atoms with Crippen molar-refractivity contribution in [2.75, 3.05) is 5.32 Å². The third-order valence-electron chi connectivity index (χ3n) is 5.82. The van der Waals surface area contributed by atoms with Crippen molar-refractivity contribution in [2.45, 2.75) is 27.0 Å². The Bertz CT molecular complexity index is 1450. The van der Waals surface area contributed by atoms with Gasteiger partial charge in [-0.05, 0) is 61.4 Å². The number of pyridine rings is 1. The minimum absolute atomic E-state index is 0.0729. The number of nitrogens with two attached hydrogens (primary N) is 1. The van der Waals surface area contributed by atoms with E-state index < -0.39 is 0 Å². The lowest BCUT2D eigenvalue weighted by Crippen LogP contribution is -2.00. The normalized spacial score (nSPS) is 11.3. The van der Waals surface area contributed by atoms with Gasteiger partial charge in [-0.2, -0.15) is 0 Å². The molecule has 7 nitrogen and oxygen atoms in total. The maximum atomic E-state index is 9.96. The van der Waals surface area contributed by atoms with Gasteiger partial charge in [0.25, 0.3) is 0 Å². The lowest BCUT2D eigenvalue weighted by molar-refractivity contribution is 0.281. The second kappa shape index (κ2) is 8.54. The SMILES string of the molecule is Cc1cn(-c2ccc(Nc3cccn4cc(-c5cc(CN)ccc5C)nc34)cc2CO)cn1. The minimum Gasteiger partial charge on any atom is -0.392 e. The van der Waals surface area contributed by atoms with Crippen LogP contribution in [0, 0.1) is 13.8 Å². The third kappa shape index (κ3) is 4.00. The quantitative estimate of drug-likeness (QED) is 0.363. The van der Waals surface area contributed by atoms with Crippen LogP contribution < -0.4 is 11.1 Å². The third-order valence-corrected chi connectivity index (χ3v) is 5.82. The molecular weight excluding hydrogens is 412 g/mol. The molecular formula is C26H26N6O. The van der Waals surface area contributed by atoms with Gasteiger partial charge in [-0.3, -0.25) is 0 Å². The van der Waals surface area contributed by atoms with Crippen molar-refractivity contribution in [3.8, 4) is 16.9 Å². The number of nitrogens with zero attached hydrogens (tertiary/aromatic N) is 4. The molecule has 3 aromatic heterocycles.